The summed E-state index contributed by atoms with van der Waals surface area (Å²) in [6.45, 7) is 2.32. The number of fused-ring (bicyclic) bond motifs is 2. The van der Waals surface area contributed by atoms with E-state index in [-0.39, 0.29) is 35.6 Å². The molecule has 3 N–H and O–H groups in total. The number of carboxylic acid groups (broad SMARTS) is 1. The summed E-state index contributed by atoms with van der Waals surface area (Å²) in [5.41, 5.74) is 0.562. The molecule has 36 heavy (non-hydrogen) atoms. The fraction of sp³-hybridized carbons (Fsp3) is 0.417. The number of benzene rings is 1. The van der Waals surface area contributed by atoms with Crippen molar-refractivity contribution in [2.24, 2.45) is 0 Å². The van der Waals surface area contributed by atoms with Crippen molar-refractivity contribution in [2.75, 3.05) is 11.9 Å². The first kappa shape index (κ1) is 26.2. The number of rotatable bonds is 8. The molecular formula is C24H27ClFN5O4S. The number of carboxylic acids is 1. The molecule has 192 valence electrons. The zero-order valence-electron chi connectivity index (χ0n) is 19.8. The van der Waals surface area contributed by atoms with Crippen molar-refractivity contribution in [1.29, 1.82) is 0 Å². The topological polar surface area (TPSA) is 134 Å². The second-order valence-corrected chi connectivity index (χ2v) is 11.6. The Kier molecular flexibility index (Phi) is 6.93. The van der Waals surface area contributed by atoms with Crippen molar-refractivity contribution in [3.05, 3.63) is 53.0 Å². The van der Waals surface area contributed by atoms with Gasteiger partial charge in [-0.3, -0.25) is 4.98 Å². The first-order chi connectivity index (χ1) is 16.5. The van der Waals surface area contributed by atoms with Crippen LogP contribution in [0.2, 0.25) is 0 Å². The highest BCUT2D eigenvalue weighted by molar-refractivity contribution is 7.89. The second kappa shape index (κ2) is 9.53. The SMILES string of the molecule is CC(C)(F)CNS(=O)(=O)c1c2c(cc3cnc(C4CC4)cc13)C[C@@H](Nc1ccc(C(=O)O)nn1)C2.Cl. The maximum absolute atomic E-state index is 14.2. The fourth-order valence-corrected chi connectivity index (χ4v) is 6.13. The third kappa shape index (κ3) is 5.42. The molecule has 12 heteroatoms. The Labute approximate surface area is 214 Å². The fourth-order valence-electron chi connectivity index (χ4n) is 4.45. The average Bonchev–Trinajstić information content (AvgIpc) is 3.56. The van der Waals surface area contributed by atoms with Crippen LogP contribution in [0.15, 0.2) is 35.4 Å². The Hall–Kier alpha value is -2.89. The maximum atomic E-state index is 14.2. The molecular weight excluding hydrogens is 509 g/mol. The lowest BCUT2D eigenvalue weighted by atomic mass is 10.0. The van der Waals surface area contributed by atoms with Gasteiger partial charge in [-0.25, -0.2) is 22.3 Å². The van der Waals surface area contributed by atoms with Crippen LogP contribution in [-0.4, -0.2) is 52.9 Å². The number of hydrogen-bond donors (Lipinski definition) is 3. The number of aromatic nitrogens is 3. The Morgan fingerprint density at radius 2 is 1.94 bits per heavy atom. The highest BCUT2D eigenvalue weighted by Crippen LogP contribution is 2.42. The van der Waals surface area contributed by atoms with Crippen LogP contribution < -0.4 is 10.0 Å². The molecule has 2 heterocycles. The second-order valence-electron chi connectivity index (χ2n) is 9.85. The van der Waals surface area contributed by atoms with Crippen molar-refractivity contribution in [2.45, 2.75) is 62.1 Å². The van der Waals surface area contributed by atoms with Crippen LogP contribution in [0.3, 0.4) is 0 Å². The molecule has 0 unspecified atom stereocenters. The van der Waals surface area contributed by atoms with Crippen LogP contribution in [0, 0.1) is 0 Å². The van der Waals surface area contributed by atoms with Gasteiger partial charge in [-0.1, -0.05) is 0 Å². The van der Waals surface area contributed by atoms with E-state index in [4.69, 9.17) is 5.11 Å². The summed E-state index contributed by atoms with van der Waals surface area (Å²) in [6, 6.07) is 6.54. The van der Waals surface area contributed by atoms with Crippen LogP contribution in [0.4, 0.5) is 10.2 Å². The van der Waals surface area contributed by atoms with E-state index in [0.29, 0.717) is 35.5 Å². The Bertz CT molecular complexity index is 1420. The monoisotopic (exact) mass is 535 g/mol. The van der Waals surface area contributed by atoms with Gasteiger partial charge >= 0.3 is 5.97 Å². The van der Waals surface area contributed by atoms with Gasteiger partial charge in [-0.2, -0.15) is 0 Å². The molecule has 9 nitrogen and oxygen atoms in total. The minimum Gasteiger partial charge on any atom is -0.476 e. The van der Waals surface area contributed by atoms with Crippen LogP contribution in [0.25, 0.3) is 10.8 Å². The summed E-state index contributed by atoms with van der Waals surface area (Å²) in [6.07, 6.45) is 4.73. The predicted molar refractivity (Wildman–Crippen MR) is 135 cm³/mol. The number of halogens is 2. The van der Waals surface area contributed by atoms with Crippen molar-refractivity contribution >= 4 is 45.0 Å². The Morgan fingerprint density at radius 3 is 2.56 bits per heavy atom. The van der Waals surface area contributed by atoms with Gasteiger partial charge in [-0.15, -0.1) is 22.6 Å². The van der Waals surface area contributed by atoms with E-state index in [1.54, 1.807) is 6.20 Å². The highest BCUT2D eigenvalue weighted by atomic mass is 35.5. The number of pyridine rings is 1. The van der Waals surface area contributed by atoms with Gasteiger partial charge in [0.25, 0.3) is 0 Å². The first-order valence-electron chi connectivity index (χ1n) is 11.5. The summed E-state index contributed by atoms with van der Waals surface area (Å²) in [5, 5.41) is 21.2. The zero-order chi connectivity index (χ0) is 25.0. The summed E-state index contributed by atoms with van der Waals surface area (Å²) in [5.74, 6) is -0.415. The van der Waals surface area contributed by atoms with Gasteiger partial charge < -0.3 is 10.4 Å². The van der Waals surface area contributed by atoms with Gasteiger partial charge in [0.1, 0.15) is 11.5 Å². The molecule has 2 aliphatic rings. The van der Waals surface area contributed by atoms with Gasteiger partial charge in [0.2, 0.25) is 10.0 Å². The maximum Gasteiger partial charge on any atom is 0.356 e. The van der Waals surface area contributed by atoms with E-state index in [9.17, 15) is 17.6 Å². The number of hydrogen-bond acceptors (Lipinski definition) is 7. The lowest BCUT2D eigenvalue weighted by Crippen LogP contribution is -2.36. The summed E-state index contributed by atoms with van der Waals surface area (Å²) in [4.78, 5) is 15.8. The molecule has 2 aliphatic carbocycles. The standard InChI is InChI=1S/C24H26FN5O4S.ClH/c1-24(2,25)12-27-35(33,34)22-17-9-16(28-21-6-5-19(23(31)32)29-30-21)8-14(17)7-15-11-26-20(10-18(15)22)13-3-4-13;/h5-7,10-11,13,16,27H,3-4,8-9,12H2,1-2H3,(H,28,30)(H,31,32);1H/t16-;/m1./s1. The van der Waals surface area contributed by atoms with E-state index in [1.165, 1.54) is 26.0 Å². The van der Waals surface area contributed by atoms with E-state index < -0.39 is 21.7 Å². The number of nitrogens with zero attached hydrogens (tertiary/aromatic N) is 3. The zero-order valence-corrected chi connectivity index (χ0v) is 21.4. The van der Waals surface area contributed by atoms with E-state index >= 15 is 0 Å². The molecule has 1 saturated carbocycles. The molecule has 1 aromatic carbocycles. The number of sulfonamides is 1. The van der Waals surface area contributed by atoms with E-state index in [0.717, 1.165) is 29.5 Å². The number of carbonyl (C=O) groups is 1. The van der Waals surface area contributed by atoms with Crippen LogP contribution in [0.5, 0.6) is 0 Å². The molecule has 0 bridgehead atoms. The third-order valence-corrected chi connectivity index (χ3v) is 7.82. The Morgan fingerprint density at radius 1 is 1.19 bits per heavy atom. The summed E-state index contributed by atoms with van der Waals surface area (Å²) in [7, 11) is -4.02. The van der Waals surface area contributed by atoms with Crippen molar-refractivity contribution < 1.29 is 22.7 Å². The molecule has 0 amide bonds. The van der Waals surface area contributed by atoms with Gasteiger partial charge in [0, 0.05) is 41.2 Å². The van der Waals surface area contributed by atoms with Gasteiger partial charge in [-0.05, 0) is 74.9 Å². The number of alkyl halides is 1. The van der Waals surface area contributed by atoms with Crippen molar-refractivity contribution in [1.82, 2.24) is 19.9 Å². The normalized spacial score (nSPS) is 17.5. The third-order valence-electron chi connectivity index (χ3n) is 6.29. The highest BCUT2D eigenvalue weighted by Gasteiger charge is 2.33. The lowest BCUT2D eigenvalue weighted by molar-refractivity contribution is 0.0689. The molecule has 0 spiro atoms. The average molecular weight is 536 g/mol. The molecule has 1 atom stereocenters. The molecule has 0 aliphatic heterocycles. The minimum absolute atomic E-state index is 0. The molecule has 3 aromatic rings. The number of aromatic carboxylic acids is 1. The minimum atomic E-state index is -4.02. The molecule has 0 saturated heterocycles. The molecule has 1 fully saturated rings. The van der Waals surface area contributed by atoms with Crippen LogP contribution >= 0.6 is 12.4 Å². The predicted octanol–water partition coefficient (Wildman–Crippen LogP) is 3.63. The molecule has 0 radical (unpaired) electrons. The molecule has 5 rings (SSSR count). The summed E-state index contributed by atoms with van der Waals surface area (Å²) < 4.78 is 43.7. The largest absolute Gasteiger partial charge is 0.476 e. The smallest absolute Gasteiger partial charge is 0.356 e. The molecule has 2 aromatic heterocycles. The van der Waals surface area contributed by atoms with Gasteiger partial charge in [0.15, 0.2) is 5.69 Å². The van der Waals surface area contributed by atoms with Crippen molar-refractivity contribution in [3.63, 3.8) is 0 Å². The van der Waals surface area contributed by atoms with E-state index in [2.05, 4.69) is 25.2 Å². The van der Waals surface area contributed by atoms with Gasteiger partial charge in [0.05, 0.1) is 4.90 Å². The van der Waals surface area contributed by atoms with E-state index in [1.807, 2.05) is 12.1 Å². The van der Waals surface area contributed by atoms with Crippen LogP contribution in [-0.2, 0) is 22.9 Å². The number of nitrogens with one attached hydrogen (secondary N) is 2. The number of anilines is 1. The summed E-state index contributed by atoms with van der Waals surface area (Å²) >= 11 is 0. The first-order valence-corrected chi connectivity index (χ1v) is 12.9. The van der Waals surface area contributed by atoms with Crippen molar-refractivity contribution in [3.8, 4) is 0 Å². The van der Waals surface area contributed by atoms with Crippen LogP contribution in [0.1, 0.15) is 59.9 Å². The quantitative estimate of drug-likeness (QED) is 0.398. The Balaban J connectivity index is 0.00000304. The lowest BCUT2D eigenvalue weighted by Gasteiger charge is -2.18.